The topological polar surface area (TPSA) is 91.4 Å². The van der Waals surface area contributed by atoms with Crippen LogP contribution in [0.3, 0.4) is 0 Å². The van der Waals surface area contributed by atoms with Gasteiger partial charge in [0, 0.05) is 37.6 Å². The monoisotopic (exact) mass is 394 g/mol. The highest BCUT2D eigenvalue weighted by Crippen LogP contribution is 2.18. The van der Waals surface area contributed by atoms with Gasteiger partial charge in [0.15, 0.2) is 0 Å². The fourth-order valence-electron chi connectivity index (χ4n) is 3.42. The largest absolute Gasteiger partial charge is 0.348 e. The fraction of sp³-hybridized carbons (Fsp3) is 0.364. The Kier molecular flexibility index (Phi) is 6.94. The number of nitrogens with one attached hydrogen (secondary N) is 2. The van der Waals surface area contributed by atoms with Gasteiger partial charge in [-0.3, -0.25) is 19.4 Å². The Morgan fingerprint density at radius 3 is 2.34 bits per heavy atom. The molecule has 152 valence electrons. The molecule has 7 heteroatoms. The number of likely N-dealkylation sites (tertiary alicyclic amines) is 1. The third kappa shape index (κ3) is 5.63. The molecule has 1 fully saturated rings. The van der Waals surface area contributed by atoms with E-state index in [0.717, 1.165) is 18.4 Å². The van der Waals surface area contributed by atoms with Crippen molar-refractivity contribution in [1.29, 1.82) is 0 Å². The second-order valence-electron chi connectivity index (χ2n) is 7.29. The first kappa shape index (κ1) is 20.5. The van der Waals surface area contributed by atoms with Gasteiger partial charge < -0.3 is 15.5 Å². The summed E-state index contributed by atoms with van der Waals surface area (Å²) < 4.78 is 0. The van der Waals surface area contributed by atoms with Crippen molar-refractivity contribution in [3.05, 3.63) is 66.0 Å². The van der Waals surface area contributed by atoms with Crippen LogP contribution in [0.2, 0.25) is 0 Å². The van der Waals surface area contributed by atoms with E-state index >= 15 is 0 Å². The Hall–Kier alpha value is -3.22. The van der Waals surface area contributed by atoms with Gasteiger partial charge in [0.2, 0.25) is 0 Å². The van der Waals surface area contributed by atoms with Crippen LogP contribution in [0.25, 0.3) is 0 Å². The summed E-state index contributed by atoms with van der Waals surface area (Å²) in [7, 11) is 0. The highest BCUT2D eigenvalue weighted by atomic mass is 16.2. The molecule has 7 nitrogen and oxygen atoms in total. The van der Waals surface area contributed by atoms with Gasteiger partial charge in [0.05, 0.1) is 6.04 Å². The Bertz CT molecular complexity index is 834. The van der Waals surface area contributed by atoms with Crippen molar-refractivity contribution in [1.82, 2.24) is 20.5 Å². The van der Waals surface area contributed by atoms with Crippen molar-refractivity contribution in [2.75, 3.05) is 19.6 Å². The molecule has 2 N–H and O–H groups in total. The number of piperidine rings is 1. The molecule has 1 aromatic heterocycles. The summed E-state index contributed by atoms with van der Waals surface area (Å²) in [4.78, 5) is 42.4. The normalized spacial score (nSPS) is 15.4. The number of carbonyl (C=O) groups excluding carboxylic acids is 3. The van der Waals surface area contributed by atoms with Gasteiger partial charge in [0.1, 0.15) is 0 Å². The lowest BCUT2D eigenvalue weighted by Gasteiger charge is -2.32. The minimum Gasteiger partial charge on any atom is -0.348 e. The van der Waals surface area contributed by atoms with Crippen molar-refractivity contribution < 1.29 is 14.4 Å². The lowest BCUT2D eigenvalue weighted by Crippen LogP contribution is -2.45. The van der Waals surface area contributed by atoms with Crippen molar-refractivity contribution in [3.63, 3.8) is 0 Å². The third-order valence-corrected chi connectivity index (χ3v) is 5.23. The fourth-order valence-corrected chi connectivity index (χ4v) is 3.42. The zero-order valence-electron chi connectivity index (χ0n) is 16.5. The highest BCUT2D eigenvalue weighted by molar-refractivity contribution is 6.35. The summed E-state index contributed by atoms with van der Waals surface area (Å²) >= 11 is 0. The number of benzene rings is 1. The number of carbonyl (C=O) groups is 3. The molecule has 0 bridgehead atoms. The van der Waals surface area contributed by atoms with Crippen LogP contribution in [0.4, 0.5) is 0 Å². The van der Waals surface area contributed by atoms with Crippen LogP contribution >= 0.6 is 0 Å². The number of hydrogen-bond acceptors (Lipinski definition) is 4. The summed E-state index contributed by atoms with van der Waals surface area (Å²) in [5.41, 5.74) is 1.58. The molecule has 2 aromatic rings. The Labute approximate surface area is 170 Å². The molecule has 3 rings (SSSR count). The molecule has 3 amide bonds. The van der Waals surface area contributed by atoms with Gasteiger partial charge in [-0.05, 0) is 43.4 Å². The van der Waals surface area contributed by atoms with Gasteiger partial charge in [-0.15, -0.1) is 0 Å². The van der Waals surface area contributed by atoms with Crippen LogP contribution in [0.15, 0.2) is 54.9 Å². The summed E-state index contributed by atoms with van der Waals surface area (Å²) in [6.07, 6.45) is 4.80. The molecule has 1 aliphatic rings. The Morgan fingerprint density at radius 1 is 1.03 bits per heavy atom. The van der Waals surface area contributed by atoms with Crippen LogP contribution < -0.4 is 10.6 Å². The van der Waals surface area contributed by atoms with Crippen molar-refractivity contribution in [2.45, 2.75) is 25.8 Å². The molecular weight excluding hydrogens is 368 g/mol. The van der Waals surface area contributed by atoms with E-state index in [-0.39, 0.29) is 17.9 Å². The van der Waals surface area contributed by atoms with E-state index in [1.165, 1.54) is 0 Å². The maximum absolute atomic E-state index is 12.5. The number of aromatic nitrogens is 1. The van der Waals surface area contributed by atoms with E-state index in [2.05, 4.69) is 15.6 Å². The average Bonchev–Trinajstić information content (AvgIpc) is 2.78. The van der Waals surface area contributed by atoms with E-state index < -0.39 is 11.8 Å². The average molecular weight is 394 g/mol. The smallest absolute Gasteiger partial charge is 0.309 e. The zero-order valence-corrected chi connectivity index (χ0v) is 16.5. The van der Waals surface area contributed by atoms with E-state index in [1.54, 1.807) is 24.5 Å². The SMILES string of the molecule is C[C@H](NC(=O)C(=O)NCC1CCN(C(=O)c2ccncc2)CC1)c1ccccc1. The predicted molar refractivity (Wildman–Crippen MR) is 109 cm³/mol. The Balaban J connectivity index is 1.40. The van der Waals surface area contributed by atoms with Gasteiger partial charge in [0.25, 0.3) is 5.91 Å². The number of rotatable bonds is 5. The minimum absolute atomic E-state index is 0.00385. The predicted octanol–water partition coefficient (Wildman–Crippen LogP) is 1.93. The highest BCUT2D eigenvalue weighted by Gasteiger charge is 2.25. The first-order valence-electron chi connectivity index (χ1n) is 9.87. The maximum atomic E-state index is 12.5. The Morgan fingerprint density at radius 2 is 1.69 bits per heavy atom. The summed E-state index contributed by atoms with van der Waals surface area (Å²) in [5.74, 6) is -1.00. The number of amides is 3. The molecule has 1 aromatic carbocycles. The van der Waals surface area contributed by atoms with Crippen molar-refractivity contribution in [2.24, 2.45) is 5.92 Å². The molecule has 2 heterocycles. The second kappa shape index (κ2) is 9.82. The molecule has 1 atom stereocenters. The molecule has 1 saturated heterocycles. The molecule has 0 unspecified atom stereocenters. The molecule has 0 aliphatic carbocycles. The van der Waals surface area contributed by atoms with E-state index in [1.807, 2.05) is 42.2 Å². The molecule has 0 radical (unpaired) electrons. The van der Waals surface area contributed by atoms with Crippen LogP contribution in [-0.4, -0.2) is 47.2 Å². The van der Waals surface area contributed by atoms with Gasteiger partial charge in [-0.1, -0.05) is 30.3 Å². The van der Waals surface area contributed by atoms with E-state index in [0.29, 0.717) is 25.2 Å². The first-order chi connectivity index (χ1) is 14.0. The van der Waals surface area contributed by atoms with Crippen LogP contribution in [0, 0.1) is 5.92 Å². The maximum Gasteiger partial charge on any atom is 0.309 e. The lowest BCUT2D eigenvalue weighted by atomic mass is 9.96. The van der Waals surface area contributed by atoms with Gasteiger partial charge in [-0.25, -0.2) is 0 Å². The number of pyridine rings is 1. The quantitative estimate of drug-likeness (QED) is 0.758. The van der Waals surface area contributed by atoms with Crippen molar-refractivity contribution in [3.8, 4) is 0 Å². The van der Waals surface area contributed by atoms with Crippen LogP contribution in [-0.2, 0) is 9.59 Å². The molecule has 1 aliphatic heterocycles. The standard InChI is InChI=1S/C22H26N4O3/c1-16(18-5-3-2-4-6-18)25-21(28)20(27)24-15-17-9-13-26(14-10-17)22(29)19-7-11-23-12-8-19/h2-8,11-12,16-17H,9-10,13-15H2,1H3,(H,24,27)(H,25,28)/t16-/m0/s1. The third-order valence-electron chi connectivity index (χ3n) is 5.23. The van der Waals surface area contributed by atoms with E-state index in [9.17, 15) is 14.4 Å². The van der Waals surface area contributed by atoms with Gasteiger partial charge >= 0.3 is 11.8 Å². The summed E-state index contributed by atoms with van der Waals surface area (Å²) in [6.45, 7) is 3.55. The minimum atomic E-state index is -0.633. The first-order valence-corrected chi connectivity index (χ1v) is 9.87. The molecular formula is C22H26N4O3. The molecule has 0 saturated carbocycles. The number of nitrogens with zero attached hydrogens (tertiary/aromatic N) is 2. The molecule has 0 spiro atoms. The lowest BCUT2D eigenvalue weighted by molar-refractivity contribution is -0.139. The van der Waals surface area contributed by atoms with Crippen LogP contribution in [0.5, 0.6) is 0 Å². The molecule has 29 heavy (non-hydrogen) atoms. The summed E-state index contributed by atoms with van der Waals surface area (Å²) in [5, 5.41) is 5.44. The number of hydrogen-bond donors (Lipinski definition) is 2. The van der Waals surface area contributed by atoms with Crippen molar-refractivity contribution >= 4 is 17.7 Å². The summed E-state index contributed by atoms with van der Waals surface area (Å²) in [6, 6.07) is 12.7. The van der Waals surface area contributed by atoms with Crippen LogP contribution in [0.1, 0.15) is 41.7 Å². The van der Waals surface area contributed by atoms with Gasteiger partial charge in [-0.2, -0.15) is 0 Å². The zero-order chi connectivity index (χ0) is 20.6. The second-order valence-corrected chi connectivity index (χ2v) is 7.29. The van der Waals surface area contributed by atoms with E-state index in [4.69, 9.17) is 0 Å².